The molecule has 0 radical (unpaired) electrons. The Morgan fingerprint density at radius 1 is 1.33 bits per heavy atom. The zero-order valence-corrected chi connectivity index (χ0v) is 11.6. The van der Waals surface area contributed by atoms with Crippen molar-refractivity contribution in [3.8, 4) is 0 Å². The highest BCUT2D eigenvalue weighted by molar-refractivity contribution is 7.91. The van der Waals surface area contributed by atoms with Crippen LogP contribution >= 0.6 is 12.2 Å². The minimum absolute atomic E-state index is 0.172. The molecule has 6 heteroatoms. The van der Waals surface area contributed by atoms with Crippen molar-refractivity contribution in [3.05, 3.63) is 30.3 Å². The van der Waals surface area contributed by atoms with Gasteiger partial charge in [0.2, 0.25) is 0 Å². The maximum atomic E-state index is 11.3. The standard InChI is InChI=1S/C12H16N2O2S2/c15-18(16)7-6-10(9-18)8-13-12(17)14-11-4-2-1-3-5-11/h1-5,10H,6-9H2,(H2,13,14,17). The van der Waals surface area contributed by atoms with Crippen molar-refractivity contribution >= 4 is 32.9 Å². The monoisotopic (exact) mass is 284 g/mol. The van der Waals surface area contributed by atoms with Gasteiger partial charge in [0.05, 0.1) is 11.5 Å². The van der Waals surface area contributed by atoms with Gasteiger partial charge in [-0.1, -0.05) is 18.2 Å². The molecule has 18 heavy (non-hydrogen) atoms. The molecule has 0 bridgehead atoms. The van der Waals surface area contributed by atoms with Crippen LogP contribution in [0.1, 0.15) is 6.42 Å². The van der Waals surface area contributed by atoms with Gasteiger partial charge in [-0.05, 0) is 36.7 Å². The lowest BCUT2D eigenvalue weighted by molar-refractivity contribution is 0.574. The summed E-state index contributed by atoms with van der Waals surface area (Å²) in [5, 5.41) is 6.66. The maximum absolute atomic E-state index is 11.3. The van der Waals surface area contributed by atoms with Gasteiger partial charge in [-0.2, -0.15) is 0 Å². The second-order valence-electron chi connectivity index (χ2n) is 4.47. The summed E-state index contributed by atoms with van der Waals surface area (Å²) in [4.78, 5) is 0. The third kappa shape index (κ3) is 3.96. The Hall–Kier alpha value is -1.14. The summed E-state index contributed by atoms with van der Waals surface area (Å²) in [7, 11) is -2.81. The smallest absolute Gasteiger partial charge is 0.170 e. The van der Waals surface area contributed by atoms with Crippen LogP contribution in [0.2, 0.25) is 0 Å². The van der Waals surface area contributed by atoms with E-state index in [0.29, 0.717) is 17.4 Å². The zero-order chi connectivity index (χ0) is 13.0. The van der Waals surface area contributed by atoms with Gasteiger partial charge in [-0.15, -0.1) is 0 Å². The Balaban J connectivity index is 1.76. The van der Waals surface area contributed by atoms with Crippen LogP contribution in [0.25, 0.3) is 0 Å². The van der Waals surface area contributed by atoms with Crippen LogP contribution in [-0.2, 0) is 9.84 Å². The quantitative estimate of drug-likeness (QED) is 0.822. The van der Waals surface area contributed by atoms with Crippen molar-refractivity contribution < 1.29 is 8.42 Å². The summed E-state index contributed by atoms with van der Waals surface area (Å²) in [6.07, 6.45) is 0.725. The van der Waals surface area contributed by atoms with Crippen LogP contribution in [0.5, 0.6) is 0 Å². The highest BCUT2D eigenvalue weighted by atomic mass is 32.2. The number of anilines is 1. The number of sulfone groups is 1. The molecule has 2 N–H and O–H groups in total. The molecule has 0 aliphatic carbocycles. The summed E-state index contributed by atoms with van der Waals surface area (Å²) < 4.78 is 22.6. The van der Waals surface area contributed by atoms with E-state index in [0.717, 1.165) is 12.1 Å². The highest BCUT2D eigenvalue weighted by Crippen LogP contribution is 2.17. The SMILES string of the molecule is O=S1(=O)CCC(CNC(=S)Nc2ccccc2)C1. The number of rotatable bonds is 3. The summed E-state index contributed by atoms with van der Waals surface area (Å²) in [6.45, 7) is 0.609. The molecule has 1 aliphatic rings. The fourth-order valence-corrected chi connectivity index (χ4v) is 4.03. The van der Waals surface area contributed by atoms with Crippen LogP contribution < -0.4 is 10.6 Å². The van der Waals surface area contributed by atoms with Gasteiger partial charge in [-0.3, -0.25) is 0 Å². The van der Waals surface area contributed by atoms with Gasteiger partial charge >= 0.3 is 0 Å². The molecule has 1 heterocycles. The molecular formula is C12H16N2O2S2. The lowest BCUT2D eigenvalue weighted by atomic mass is 10.1. The highest BCUT2D eigenvalue weighted by Gasteiger charge is 2.27. The average Bonchev–Trinajstić information content (AvgIpc) is 2.68. The molecule has 1 unspecified atom stereocenters. The van der Waals surface area contributed by atoms with E-state index in [4.69, 9.17) is 12.2 Å². The lowest BCUT2D eigenvalue weighted by Crippen LogP contribution is -2.33. The van der Waals surface area contributed by atoms with Crippen molar-refractivity contribution in [1.29, 1.82) is 0 Å². The lowest BCUT2D eigenvalue weighted by Gasteiger charge is -2.13. The molecule has 98 valence electrons. The molecule has 4 nitrogen and oxygen atoms in total. The predicted molar refractivity (Wildman–Crippen MR) is 77.4 cm³/mol. The molecule has 2 rings (SSSR count). The van der Waals surface area contributed by atoms with E-state index in [9.17, 15) is 8.42 Å². The van der Waals surface area contributed by atoms with E-state index < -0.39 is 9.84 Å². The molecule has 1 aromatic carbocycles. The molecule has 1 saturated heterocycles. The summed E-state index contributed by atoms with van der Waals surface area (Å²) >= 11 is 5.16. The average molecular weight is 284 g/mol. The van der Waals surface area contributed by atoms with Gasteiger partial charge in [0.1, 0.15) is 0 Å². The fourth-order valence-electron chi connectivity index (χ4n) is 1.97. The van der Waals surface area contributed by atoms with Gasteiger partial charge < -0.3 is 10.6 Å². The van der Waals surface area contributed by atoms with Crippen molar-refractivity contribution in [2.24, 2.45) is 5.92 Å². The molecule has 1 fully saturated rings. The van der Waals surface area contributed by atoms with Crippen molar-refractivity contribution in [2.75, 3.05) is 23.4 Å². The minimum atomic E-state index is -2.81. The van der Waals surface area contributed by atoms with E-state index in [-0.39, 0.29) is 11.7 Å². The summed E-state index contributed by atoms with van der Waals surface area (Å²) in [5.74, 6) is 0.747. The van der Waals surface area contributed by atoms with Gasteiger partial charge in [0, 0.05) is 12.2 Å². The summed E-state index contributed by atoms with van der Waals surface area (Å²) in [5.41, 5.74) is 0.925. The maximum Gasteiger partial charge on any atom is 0.170 e. The third-order valence-electron chi connectivity index (χ3n) is 2.91. The predicted octanol–water partition coefficient (Wildman–Crippen LogP) is 1.41. The van der Waals surface area contributed by atoms with Gasteiger partial charge in [0.25, 0.3) is 0 Å². The first-order valence-corrected chi connectivity index (χ1v) is 8.08. The molecular weight excluding hydrogens is 268 g/mol. The minimum Gasteiger partial charge on any atom is -0.362 e. The van der Waals surface area contributed by atoms with Crippen molar-refractivity contribution in [2.45, 2.75) is 6.42 Å². The Bertz CT molecular complexity index is 514. The first-order chi connectivity index (χ1) is 8.55. The molecule has 0 saturated carbocycles. The number of hydrogen-bond acceptors (Lipinski definition) is 3. The fraction of sp³-hybridized carbons (Fsp3) is 0.417. The van der Waals surface area contributed by atoms with E-state index in [1.54, 1.807) is 0 Å². The van der Waals surface area contributed by atoms with E-state index >= 15 is 0 Å². The Kier molecular flexibility index (Phi) is 4.19. The van der Waals surface area contributed by atoms with E-state index in [1.165, 1.54) is 0 Å². The van der Waals surface area contributed by atoms with E-state index in [2.05, 4.69) is 10.6 Å². The molecule has 1 aliphatic heterocycles. The number of para-hydroxylation sites is 1. The first-order valence-electron chi connectivity index (χ1n) is 5.85. The van der Waals surface area contributed by atoms with Crippen LogP contribution in [0, 0.1) is 5.92 Å². The molecule has 0 spiro atoms. The van der Waals surface area contributed by atoms with Crippen LogP contribution in [0.15, 0.2) is 30.3 Å². The number of nitrogens with one attached hydrogen (secondary N) is 2. The van der Waals surface area contributed by atoms with Crippen LogP contribution in [0.4, 0.5) is 5.69 Å². The third-order valence-corrected chi connectivity index (χ3v) is 4.99. The zero-order valence-electron chi connectivity index (χ0n) is 9.93. The van der Waals surface area contributed by atoms with Gasteiger partial charge in [0.15, 0.2) is 14.9 Å². The Morgan fingerprint density at radius 3 is 2.67 bits per heavy atom. The van der Waals surface area contributed by atoms with Gasteiger partial charge in [-0.25, -0.2) is 8.42 Å². The Labute approximate surface area is 113 Å². The first kappa shape index (κ1) is 13.3. The topological polar surface area (TPSA) is 58.2 Å². The number of benzene rings is 1. The van der Waals surface area contributed by atoms with Crippen molar-refractivity contribution in [3.63, 3.8) is 0 Å². The van der Waals surface area contributed by atoms with Crippen molar-refractivity contribution in [1.82, 2.24) is 5.32 Å². The second-order valence-corrected chi connectivity index (χ2v) is 7.11. The van der Waals surface area contributed by atoms with E-state index in [1.807, 2.05) is 30.3 Å². The molecule has 1 atom stereocenters. The normalized spacial score (nSPS) is 21.4. The Morgan fingerprint density at radius 2 is 2.06 bits per heavy atom. The molecule has 0 aromatic heterocycles. The van der Waals surface area contributed by atoms with Crippen LogP contribution in [-0.4, -0.2) is 31.6 Å². The number of thiocarbonyl (C=S) groups is 1. The second kappa shape index (κ2) is 5.67. The molecule has 1 aromatic rings. The summed E-state index contributed by atoms with van der Waals surface area (Å²) in [6, 6.07) is 9.63. The molecule has 0 amide bonds. The van der Waals surface area contributed by atoms with Crippen LogP contribution in [0.3, 0.4) is 0 Å². The number of hydrogen-bond donors (Lipinski definition) is 2. The largest absolute Gasteiger partial charge is 0.362 e.